The van der Waals surface area contributed by atoms with Crippen LogP contribution in [0.2, 0.25) is 0 Å². The molecular formula is C28H52ClN. The first-order valence-electron chi connectivity index (χ1n) is 13.1. The molecule has 176 valence electrons. The molecule has 0 radical (unpaired) electrons. The molecule has 1 aromatic rings. The molecule has 1 rings (SSSR count). The second-order valence-electron chi connectivity index (χ2n) is 9.21. The van der Waals surface area contributed by atoms with Gasteiger partial charge >= 0.3 is 0 Å². The lowest BCUT2D eigenvalue weighted by Crippen LogP contribution is -2.25. The van der Waals surface area contributed by atoms with Crippen LogP contribution < -0.4 is 5.32 Å². The maximum atomic E-state index is 3.65. The smallest absolute Gasteiger partial charge is 0.0207 e. The summed E-state index contributed by atoms with van der Waals surface area (Å²) in [5.41, 5.74) is 1.39. The van der Waals surface area contributed by atoms with E-state index in [1.165, 1.54) is 121 Å². The highest BCUT2D eigenvalue weighted by Crippen LogP contribution is 2.14. The van der Waals surface area contributed by atoms with Crippen molar-refractivity contribution in [2.45, 2.75) is 142 Å². The van der Waals surface area contributed by atoms with E-state index in [1.54, 1.807) is 0 Å². The van der Waals surface area contributed by atoms with Crippen molar-refractivity contribution in [2.75, 3.05) is 0 Å². The Balaban J connectivity index is 0.00000841. The van der Waals surface area contributed by atoms with Gasteiger partial charge < -0.3 is 5.32 Å². The monoisotopic (exact) mass is 437 g/mol. The van der Waals surface area contributed by atoms with Gasteiger partial charge in [0.15, 0.2) is 0 Å². The van der Waals surface area contributed by atoms with Gasteiger partial charge in [0.25, 0.3) is 0 Å². The van der Waals surface area contributed by atoms with Crippen molar-refractivity contribution in [1.82, 2.24) is 5.32 Å². The molecule has 0 aliphatic carbocycles. The zero-order valence-electron chi connectivity index (χ0n) is 20.3. The number of benzene rings is 1. The normalized spacial score (nSPS) is 11.9. The third-order valence-corrected chi connectivity index (χ3v) is 6.24. The summed E-state index contributed by atoms with van der Waals surface area (Å²) < 4.78 is 0. The number of nitrogens with one attached hydrogen (secondary N) is 1. The van der Waals surface area contributed by atoms with Crippen LogP contribution in [-0.2, 0) is 6.54 Å². The van der Waals surface area contributed by atoms with Crippen molar-refractivity contribution in [3.05, 3.63) is 35.9 Å². The standard InChI is InChI=1S/C28H51N.ClH/c1-3-4-5-6-7-8-9-10-11-12-13-14-15-16-17-18-20-23-27(2)29-26-28-24-21-19-22-25-28;/h19,21-22,24-25,27,29H,3-18,20,23,26H2,1-2H3;1H. The third-order valence-electron chi connectivity index (χ3n) is 6.24. The van der Waals surface area contributed by atoms with Crippen LogP contribution in [-0.4, -0.2) is 6.04 Å². The van der Waals surface area contributed by atoms with Gasteiger partial charge in [0.2, 0.25) is 0 Å². The quantitative estimate of drug-likeness (QED) is 0.189. The first kappa shape index (κ1) is 29.5. The van der Waals surface area contributed by atoms with Crippen LogP contribution in [0.5, 0.6) is 0 Å². The Kier molecular flexibility index (Phi) is 22.7. The van der Waals surface area contributed by atoms with Gasteiger partial charge in [-0.2, -0.15) is 0 Å². The summed E-state index contributed by atoms with van der Waals surface area (Å²) in [7, 11) is 0. The molecule has 0 aliphatic heterocycles. The lowest BCUT2D eigenvalue weighted by atomic mass is 10.0. The minimum absolute atomic E-state index is 0. The Labute approximate surface area is 195 Å². The largest absolute Gasteiger partial charge is 0.310 e. The van der Waals surface area contributed by atoms with E-state index in [9.17, 15) is 0 Å². The lowest BCUT2D eigenvalue weighted by molar-refractivity contribution is 0.474. The van der Waals surface area contributed by atoms with E-state index < -0.39 is 0 Å². The van der Waals surface area contributed by atoms with Crippen molar-refractivity contribution in [2.24, 2.45) is 0 Å². The van der Waals surface area contributed by atoms with Gasteiger partial charge in [-0.1, -0.05) is 146 Å². The number of unbranched alkanes of at least 4 members (excludes halogenated alkanes) is 16. The minimum atomic E-state index is 0. The molecule has 0 aromatic heterocycles. The average molecular weight is 438 g/mol. The van der Waals surface area contributed by atoms with E-state index in [4.69, 9.17) is 0 Å². The summed E-state index contributed by atoms with van der Waals surface area (Å²) in [5, 5.41) is 3.65. The number of hydrogen-bond acceptors (Lipinski definition) is 1. The Bertz CT molecular complexity index is 434. The molecular weight excluding hydrogens is 386 g/mol. The van der Waals surface area contributed by atoms with Gasteiger partial charge in [-0.3, -0.25) is 0 Å². The second kappa shape index (κ2) is 23.1. The van der Waals surface area contributed by atoms with Crippen LogP contribution in [0.3, 0.4) is 0 Å². The van der Waals surface area contributed by atoms with Crippen LogP contribution in [0, 0.1) is 0 Å². The van der Waals surface area contributed by atoms with Crippen molar-refractivity contribution >= 4 is 12.4 Å². The van der Waals surface area contributed by atoms with E-state index >= 15 is 0 Å². The summed E-state index contributed by atoms with van der Waals surface area (Å²) in [6, 6.07) is 11.4. The van der Waals surface area contributed by atoms with Gasteiger partial charge in [-0.05, 0) is 18.9 Å². The first-order valence-corrected chi connectivity index (χ1v) is 13.1. The zero-order valence-corrected chi connectivity index (χ0v) is 21.1. The fraction of sp³-hybridized carbons (Fsp3) is 0.786. The topological polar surface area (TPSA) is 12.0 Å². The zero-order chi connectivity index (χ0) is 20.8. The Morgan fingerprint density at radius 2 is 1.00 bits per heavy atom. The fourth-order valence-corrected chi connectivity index (χ4v) is 4.17. The van der Waals surface area contributed by atoms with Crippen molar-refractivity contribution in [3.63, 3.8) is 0 Å². The highest BCUT2D eigenvalue weighted by Gasteiger charge is 2.01. The molecule has 0 fully saturated rings. The predicted octanol–water partition coefficient (Wildman–Crippen LogP) is 9.63. The van der Waals surface area contributed by atoms with Gasteiger partial charge in [0.1, 0.15) is 0 Å². The molecule has 0 spiro atoms. The number of halogens is 1. The number of hydrogen-bond donors (Lipinski definition) is 1. The molecule has 1 aromatic carbocycles. The summed E-state index contributed by atoms with van der Waals surface area (Å²) in [6.45, 7) is 5.63. The Hall–Kier alpha value is -0.530. The SMILES string of the molecule is CCCCCCCCCCCCCCCCCCCC(C)NCc1ccccc1.Cl. The minimum Gasteiger partial charge on any atom is -0.310 e. The Morgan fingerprint density at radius 3 is 1.43 bits per heavy atom. The maximum absolute atomic E-state index is 3.65. The first-order chi connectivity index (χ1) is 14.3. The van der Waals surface area contributed by atoms with Gasteiger partial charge in [0, 0.05) is 12.6 Å². The molecule has 1 unspecified atom stereocenters. The highest BCUT2D eigenvalue weighted by molar-refractivity contribution is 5.85. The second-order valence-corrected chi connectivity index (χ2v) is 9.21. The maximum Gasteiger partial charge on any atom is 0.0207 e. The van der Waals surface area contributed by atoms with Gasteiger partial charge in [-0.15, -0.1) is 12.4 Å². The highest BCUT2D eigenvalue weighted by atomic mass is 35.5. The fourth-order valence-electron chi connectivity index (χ4n) is 4.17. The van der Waals surface area contributed by atoms with E-state index in [0.717, 1.165) is 6.54 Å². The molecule has 1 N–H and O–H groups in total. The molecule has 0 saturated heterocycles. The molecule has 0 heterocycles. The molecule has 0 amide bonds. The summed E-state index contributed by atoms with van der Waals surface area (Å²) in [5.74, 6) is 0. The van der Waals surface area contributed by atoms with Crippen LogP contribution in [0.25, 0.3) is 0 Å². The van der Waals surface area contributed by atoms with Crippen molar-refractivity contribution < 1.29 is 0 Å². The van der Waals surface area contributed by atoms with Crippen molar-refractivity contribution in [1.29, 1.82) is 0 Å². The van der Waals surface area contributed by atoms with E-state index in [2.05, 4.69) is 49.5 Å². The summed E-state index contributed by atoms with van der Waals surface area (Å²) in [4.78, 5) is 0. The Morgan fingerprint density at radius 1 is 0.600 bits per heavy atom. The summed E-state index contributed by atoms with van der Waals surface area (Å²) >= 11 is 0. The van der Waals surface area contributed by atoms with Gasteiger partial charge in [0.05, 0.1) is 0 Å². The van der Waals surface area contributed by atoms with E-state index in [1.807, 2.05) is 0 Å². The molecule has 0 saturated carbocycles. The number of rotatable bonds is 21. The predicted molar refractivity (Wildman–Crippen MR) is 139 cm³/mol. The van der Waals surface area contributed by atoms with Crippen LogP contribution in [0.15, 0.2) is 30.3 Å². The molecule has 1 atom stereocenters. The van der Waals surface area contributed by atoms with Crippen LogP contribution in [0.1, 0.15) is 135 Å². The average Bonchev–Trinajstić information content (AvgIpc) is 2.75. The molecule has 0 bridgehead atoms. The lowest BCUT2D eigenvalue weighted by Gasteiger charge is -2.13. The van der Waals surface area contributed by atoms with E-state index in [0.29, 0.717) is 6.04 Å². The van der Waals surface area contributed by atoms with E-state index in [-0.39, 0.29) is 12.4 Å². The summed E-state index contributed by atoms with van der Waals surface area (Å²) in [6.07, 6.45) is 26.0. The van der Waals surface area contributed by atoms with Crippen LogP contribution >= 0.6 is 12.4 Å². The molecule has 1 nitrogen and oxygen atoms in total. The van der Waals surface area contributed by atoms with Crippen molar-refractivity contribution in [3.8, 4) is 0 Å². The third kappa shape index (κ3) is 19.4. The molecule has 2 heteroatoms. The van der Waals surface area contributed by atoms with Crippen LogP contribution in [0.4, 0.5) is 0 Å². The van der Waals surface area contributed by atoms with Gasteiger partial charge in [-0.25, -0.2) is 0 Å². The molecule has 30 heavy (non-hydrogen) atoms. The molecule has 0 aliphatic rings.